The van der Waals surface area contributed by atoms with Crippen LogP contribution in [0.15, 0.2) is 224 Å². The fraction of sp³-hybridized carbons (Fsp3) is 0.0179. The van der Waals surface area contributed by atoms with Gasteiger partial charge in [0.2, 0.25) is 0 Å². The van der Waals surface area contributed by atoms with Crippen molar-refractivity contribution < 1.29 is 0 Å². The molecule has 0 bridgehead atoms. The number of allylic oxidation sites excluding steroid dienone is 8. The van der Waals surface area contributed by atoms with E-state index >= 15 is 0 Å². The summed E-state index contributed by atoms with van der Waals surface area (Å²) < 4.78 is 0. The molecule has 0 fully saturated rings. The first-order chi connectivity index (χ1) is 29.2. The van der Waals surface area contributed by atoms with Gasteiger partial charge in [0, 0.05) is 22.6 Å². The highest BCUT2D eigenvalue weighted by Gasteiger charge is 2.23. The van der Waals surface area contributed by atoms with Gasteiger partial charge in [-0.3, -0.25) is 0 Å². The minimum atomic E-state index is 0.249. The van der Waals surface area contributed by atoms with Gasteiger partial charge < -0.3 is 0 Å². The molecule has 0 N–H and O–H groups in total. The number of hydrogen-bond acceptors (Lipinski definition) is 3. The van der Waals surface area contributed by atoms with Crippen molar-refractivity contribution in [3.8, 4) is 67.5 Å². The Labute approximate surface area is 343 Å². The molecule has 0 spiro atoms. The van der Waals surface area contributed by atoms with E-state index in [9.17, 15) is 0 Å². The van der Waals surface area contributed by atoms with Gasteiger partial charge in [0.1, 0.15) is 0 Å². The summed E-state index contributed by atoms with van der Waals surface area (Å²) in [5, 5.41) is 4.74. The molecule has 0 saturated heterocycles. The first kappa shape index (κ1) is 34.5. The van der Waals surface area contributed by atoms with Crippen LogP contribution in [-0.2, 0) is 0 Å². The summed E-state index contributed by atoms with van der Waals surface area (Å²) in [5.74, 6) is 2.15. The second kappa shape index (κ2) is 14.6. The maximum Gasteiger partial charge on any atom is 0.164 e. The Balaban J connectivity index is 1.05. The summed E-state index contributed by atoms with van der Waals surface area (Å²) in [4.78, 5) is 15.7. The molecule has 0 saturated carbocycles. The van der Waals surface area contributed by atoms with Crippen molar-refractivity contribution in [3.63, 3.8) is 0 Å². The van der Waals surface area contributed by atoms with Crippen molar-refractivity contribution in [1.82, 2.24) is 15.0 Å². The van der Waals surface area contributed by atoms with Crippen LogP contribution in [0.25, 0.3) is 94.7 Å². The number of rotatable bonds is 7. The monoisotopic (exact) mass is 751 g/mol. The number of aromatic nitrogens is 3. The molecule has 1 unspecified atom stereocenters. The quantitative estimate of drug-likeness (QED) is 0.163. The summed E-state index contributed by atoms with van der Waals surface area (Å²) in [6.45, 7) is 0. The van der Waals surface area contributed by atoms with Gasteiger partial charge in [-0.05, 0) is 89.8 Å². The van der Waals surface area contributed by atoms with Crippen molar-refractivity contribution in [1.29, 1.82) is 0 Å². The van der Waals surface area contributed by atoms with Crippen LogP contribution in [0.5, 0.6) is 0 Å². The first-order valence-electron chi connectivity index (χ1n) is 20.1. The lowest BCUT2D eigenvalue weighted by molar-refractivity contribution is 1.04. The molecule has 1 aromatic heterocycles. The molecular formula is C56H37N3. The highest BCUT2D eigenvalue weighted by Crippen LogP contribution is 2.40. The summed E-state index contributed by atoms with van der Waals surface area (Å²) in [7, 11) is 0. The Morgan fingerprint density at radius 2 is 0.864 bits per heavy atom. The van der Waals surface area contributed by atoms with E-state index in [1.54, 1.807) is 0 Å². The van der Waals surface area contributed by atoms with Crippen LogP contribution in [0.3, 0.4) is 0 Å². The minimum absolute atomic E-state index is 0.249. The standard InChI is InChI=1S/C56H37N3/c1-3-14-37(15-4-1)47-27-13-21-41-36-45(29-31-50(41)47)56-58-54(43-22-11-19-40(34-43)49-30-28-39-18-7-8-24-46(39)49)57-55(59-56)44-23-12-20-42(35-44)51-33-32-48(38-16-5-2-6-17-38)52-25-9-10-26-53(51)52/h1-36,46H. The van der Waals surface area contributed by atoms with E-state index in [-0.39, 0.29) is 5.92 Å². The third-order valence-electron chi connectivity index (χ3n) is 11.6. The fourth-order valence-electron chi connectivity index (χ4n) is 8.70. The van der Waals surface area contributed by atoms with E-state index < -0.39 is 0 Å². The molecule has 276 valence electrons. The van der Waals surface area contributed by atoms with Crippen molar-refractivity contribution in [2.45, 2.75) is 0 Å². The Hall–Kier alpha value is -7.75. The fourth-order valence-corrected chi connectivity index (χ4v) is 8.70. The van der Waals surface area contributed by atoms with E-state index in [4.69, 9.17) is 15.0 Å². The van der Waals surface area contributed by atoms with Gasteiger partial charge in [-0.25, -0.2) is 15.0 Å². The molecule has 0 amide bonds. The largest absolute Gasteiger partial charge is 0.208 e. The minimum Gasteiger partial charge on any atom is -0.208 e. The Bertz CT molecular complexity index is 3210. The van der Waals surface area contributed by atoms with Gasteiger partial charge in [0.25, 0.3) is 0 Å². The summed E-state index contributed by atoms with van der Waals surface area (Å²) in [5.41, 5.74) is 13.7. The van der Waals surface area contributed by atoms with Crippen LogP contribution < -0.4 is 0 Å². The third-order valence-corrected chi connectivity index (χ3v) is 11.6. The van der Waals surface area contributed by atoms with Gasteiger partial charge in [0.15, 0.2) is 17.5 Å². The van der Waals surface area contributed by atoms with E-state index in [1.165, 1.54) is 49.6 Å². The maximum atomic E-state index is 5.24. The molecule has 2 aliphatic carbocycles. The second-order valence-corrected chi connectivity index (χ2v) is 15.2. The van der Waals surface area contributed by atoms with E-state index in [2.05, 4.69) is 218 Å². The molecule has 1 heterocycles. The van der Waals surface area contributed by atoms with Crippen molar-refractivity contribution in [2.75, 3.05) is 0 Å². The first-order valence-corrected chi connectivity index (χ1v) is 20.1. The zero-order valence-corrected chi connectivity index (χ0v) is 32.2. The Morgan fingerprint density at radius 1 is 0.339 bits per heavy atom. The predicted octanol–water partition coefficient (Wildman–Crippen LogP) is 14.2. The molecule has 8 aromatic carbocycles. The van der Waals surface area contributed by atoms with Gasteiger partial charge in [0.05, 0.1) is 0 Å². The lowest BCUT2D eigenvalue weighted by atomic mass is 9.87. The third kappa shape index (κ3) is 6.40. The van der Waals surface area contributed by atoms with Gasteiger partial charge in [-0.2, -0.15) is 0 Å². The SMILES string of the molecule is C1=CC2=CC=C(c3cccc(-c4nc(-c5cccc(-c6ccc(-c7ccccc7)c7ccccc67)c5)nc(-c5ccc6c(-c7ccccc7)cccc6c5)n4)c3)C2C=C1. The number of fused-ring (bicyclic) bond motifs is 3. The topological polar surface area (TPSA) is 38.7 Å². The van der Waals surface area contributed by atoms with E-state index in [0.717, 1.165) is 38.8 Å². The smallest absolute Gasteiger partial charge is 0.164 e. The van der Waals surface area contributed by atoms with E-state index in [1.807, 2.05) is 0 Å². The normalized spacial score (nSPS) is 14.3. The molecular weight excluding hydrogens is 715 g/mol. The van der Waals surface area contributed by atoms with Crippen molar-refractivity contribution >= 4 is 27.1 Å². The molecule has 11 rings (SSSR count). The van der Waals surface area contributed by atoms with Crippen LogP contribution in [0.2, 0.25) is 0 Å². The predicted molar refractivity (Wildman–Crippen MR) is 245 cm³/mol. The van der Waals surface area contributed by atoms with Crippen molar-refractivity contribution in [3.05, 3.63) is 230 Å². The second-order valence-electron chi connectivity index (χ2n) is 15.2. The highest BCUT2D eigenvalue weighted by atomic mass is 15.0. The van der Waals surface area contributed by atoms with Crippen LogP contribution in [0.4, 0.5) is 0 Å². The molecule has 0 radical (unpaired) electrons. The van der Waals surface area contributed by atoms with Crippen molar-refractivity contribution in [2.24, 2.45) is 5.92 Å². The lowest BCUT2D eigenvalue weighted by Gasteiger charge is -2.17. The summed E-state index contributed by atoms with van der Waals surface area (Å²) in [6, 6.07) is 64.6. The van der Waals surface area contributed by atoms with Crippen LogP contribution in [0, 0.1) is 5.92 Å². The van der Waals surface area contributed by atoms with Crippen LogP contribution in [-0.4, -0.2) is 15.0 Å². The van der Waals surface area contributed by atoms with Gasteiger partial charge in [-0.15, -0.1) is 0 Å². The molecule has 3 heteroatoms. The van der Waals surface area contributed by atoms with E-state index in [0.29, 0.717) is 17.5 Å². The summed E-state index contributed by atoms with van der Waals surface area (Å²) >= 11 is 0. The number of benzene rings is 8. The number of hydrogen-bond donors (Lipinski definition) is 0. The molecule has 2 aliphatic rings. The zero-order chi connectivity index (χ0) is 39.1. The molecule has 1 atom stereocenters. The average molecular weight is 752 g/mol. The van der Waals surface area contributed by atoms with Crippen LogP contribution in [0.1, 0.15) is 5.56 Å². The average Bonchev–Trinajstić information content (AvgIpc) is 3.76. The Kier molecular flexibility index (Phi) is 8.56. The molecule has 9 aromatic rings. The number of nitrogens with zero attached hydrogens (tertiary/aromatic N) is 3. The molecule has 3 nitrogen and oxygen atoms in total. The molecule has 0 aliphatic heterocycles. The van der Waals surface area contributed by atoms with Gasteiger partial charge in [-0.1, -0.05) is 200 Å². The summed E-state index contributed by atoms with van der Waals surface area (Å²) in [6.07, 6.45) is 13.2. The Morgan fingerprint density at radius 3 is 1.54 bits per heavy atom. The zero-order valence-electron chi connectivity index (χ0n) is 32.2. The highest BCUT2D eigenvalue weighted by molar-refractivity contribution is 6.05. The maximum absolute atomic E-state index is 5.24. The lowest BCUT2D eigenvalue weighted by Crippen LogP contribution is -2.03. The van der Waals surface area contributed by atoms with Crippen LogP contribution >= 0.6 is 0 Å². The van der Waals surface area contributed by atoms with Gasteiger partial charge >= 0.3 is 0 Å². The molecule has 59 heavy (non-hydrogen) atoms.